The molecule has 0 fully saturated rings. The minimum atomic E-state index is -0.0699. The van der Waals surface area contributed by atoms with E-state index in [1.54, 1.807) is 4.68 Å². The van der Waals surface area contributed by atoms with Gasteiger partial charge < -0.3 is 14.9 Å². The fourth-order valence-corrected chi connectivity index (χ4v) is 3.77. The number of rotatable bonds is 6. The van der Waals surface area contributed by atoms with Crippen LogP contribution in [0.2, 0.25) is 0 Å². The van der Waals surface area contributed by atoms with Crippen LogP contribution in [0.5, 0.6) is 5.88 Å². The zero-order valence-electron chi connectivity index (χ0n) is 17.9. The van der Waals surface area contributed by atoms with Crippen molar-refractivity contribution in [3.05, 3.63) is 52.0 Å². The number of nitrogens with zero attached hydrogens (tertiary/aromatic N) is 5. The average molecular weight is 406 g/mol. The summed E-state index contributed by atoms with van der Waals surface area (Å²) in [7, 11) is 7.95. The Morgan fingerprint density at radius 1 is 0.933 bits per heavy atom. The molecule has 0 saturated heterocycles. The van der Waals surface area contributed by atoms with E-state index in [2.05, 4.69) is 4.90 Å². The van der Waals surface area contributed by atoms with Crippen molar-refractivity contribution >= 4 is 32.4 Å². The summed E-state index contributed by atoms with van der Waals surface area (Å²) < 4.78 is 1.62. The van der Waals surface area contributed by atoms with E-state index in [1.165, 1.54) is 0 Å². The predicted molar refractivity (Wildman–Crippen MR) is 121 cm³/mol. The fraction of sp³-hybridized carbons (Fsp3) is 0.348. The summed E-state index contributed by atoms with van der Waals surface area (Å²) in [6.07, 6.45) is 0. The van der Waals surface area contributed by atoms with Crippen LogP contribution in [-0.4, -0.2) is 72.5 Å². The SMILES string of the molecule is CN(C)CCN=c1ccc2c(O)n(CCN(C)C)nc3c4ccccc4c(=O)c1c23. The molecular formula is C23H27N5O2. The largest absolute Gasteiger partial charge is 0.493 e. The first kappa shape index (κ1) is 20.3. The van der Waals surface area contributed by atoms with Crippen LogP contribution in [0.25, 0.3) is 32.4 Å². The van der Waals surface area contributed by atoms with E-state index >= 15 is 0 Å². The lowest BCUT2D eigenvalue weighted by Gasteiger charge is -2.17. The summed E-state index contributed by atoms with van der Waals surface area (Å²) >= 11 is 0. The Hall–Kier alpha value is -3.03. The van der Waals surface area contributed by atoms with Crippen molar-refractivity contribution in [3.8, 4) is 5.88 Å². The number of benzene rings is 3. The molecule has 30 heavy (non-hydrogen) atoms. The van der Waals surface area contributed by atoms with Gasteiger partial charge >= 0.3 is 0 Å². The number of hydrogen-bond donors (Lipinski definition) is 1. The van der Waals surface area contributed by atoms with Crippen LogP contribution in [0.3, 0.4) is 0 Å². The summed E-state index contributed by atoms with van der Waals surface area (Å²) in [5.41, 5.74) is 0.649. The van der Waals surface area contributed by atoms with Crippen LogP contribution in [0.15, 0.2) is 46.2 Å². The highest BCUT2D eigenvalue weighted by Gasteiger charge is 2.18. The second kappa shape index (κ2) is 8.01. The molecule has 4 aromatic rings. The van der Waals surface area contributed by atoms with Gasteiger partial charge in [-0.2, -0.15) is 5.10 Å². The molecule has 0 aliphatic carbocycles. The van der Waals surface area contributed by atoms with Crippen molar-refractivity contribution < 1.29 is 5.11 Å². The first-order chi connectivity index (χ1) is 14.4. The molecule has 0 atom stereocenters. The van der Waals surface area contributed by atoms with E-state index in [0.29, 0.717) is 40.0 Å². The molecule has 0 spiro atoms. The summed E-state index contributed by atoms with van der Waals surface area (Å²) in [4.78, 5) is 22.2. The van der Waals surface area contributed by atoms with Crippen LogP contribution < -0.4 is 10.8 Å². The molecule has 0 aliphatic heterocycles. The van der Waals surface area contributed by atoms with Gasteiger partial charge in [-0.15, -0.1) is 0 Å². The Kier molecular flexibility index (Phi) is 5.40. The molecule has 1 heterocycles. The van der Waals surface area contributed by atoms with Gasteiger partial charge in [0.25, 0.3) is 0 Å². The summed E-state index contributed by atoms with van der Waals surface area (Å²) in [6, 6.07) is 11.2. The van der Waals surface area contributed by atoms with Gasteiger partial charge in [-0.25, -0.2) is 4.68 Å². The van der Waals surface area contributed by atoms with Gasteiger partial charge in [0, 0.05) is 34.6 Å². The molecule has 0 bridgehead atoms. The lowest BCUT2D eigenvalue weighted by molar-refractivity contribution is 0.340. The Balaban J connectivity index is 2.10. The normalized spacial score (nSPS) is 12.9. The van der Waals surface area contributed by atoms with Crippen molar-refractivity contribution in [3.63, 3.8) is 0 Å². The minimum Gasteiger partial charge on any atom is -0.493 e. The molecular weight excluding hydrogens is 378 g/mol. The molecule has 0 unspecified atom stereocenters. The molecule has 0 radical (unpaired) electrons. The van der Waals surface area contributed by atoms with E-state index in [-0.39, 0.29) is 11.3 Å². The van der Waals surface area contributed by atoms with E-state index < -0.39 is 0 Å². The van der Waals surface area contributed by atoms with E-state index in [4.69, 9.17) is 10.1 Å². The molecule has 7 nitrogen and oxygen atoms in total. The Bertz CT molecular complexity index is 1340. The monoisotopic (exact) mass is 405 g/mol. The van der Waals surface area contributed by atoms with Gasteiger partial charge in [-0.1, -0.05) is 24.3 Å². The van der Waals surface area contributed by atoms with Gasteiger partial charge in [0.1, 0.15) is 5.52 Å². The Morgan fingerprint density at radius 3 is 2.33 bits per heavy atom. The van der Waals surface area contributed by atoms with Crippen LogP contribution in [0.1, 0.15) is 0 Å². The molecule has 0 aliphatic rings. The highest BCUT2D eigenvalue weighted by Crippen LogP contribution is 2.32. The van der Waals surface area contributed by atoms with Gasteiger partial charge in [-0.3, -0.25) is 9.79 Å². The van der Waals surface area contributed by atoms with Crippen LogP contribution in [-0.2, 0) is 6.54 Å². The number of hydrogen-bond acceptors (Lipinski definition) is 6. The number of likely N-dealkylation sites (N-methyl/N-ethyl adjacent to an activating group) is 2. The van der Waals surface area contributed by atoms with Gasteiger partial charge in [-0.05, 0) is 40.3 Å². The topological polar surface area (TPSA) is 74.0 Å². The molecule has 0 amide bonds. The zero-order valence-corrected chi connectivity index (χ0v) is 17.9. The van der Waals surface area contributed by atoms with Crippen molar-refractivity contribution in [2.45, 2.75) is 6.54 Å². The maximum absolute atomic E-state index is 13.4. The summed E-state index contributed by atoms with van der Waals surface area (Å²) in [6.45, 7) is 2.66. The molecule has 3 aromatic carbocycles. The molecule has 1 N–H and O–H groups in total. The third-order valence-electron chi connectivity index (χ3n) is 5.37. The quantitative estimate of drug-likeness (QED) is 0.392. The second-order valence-electron chi connectivity index (χ2n) is 8.14. The molecule has 156 valence electrons. The van der Waals surface area contributed by atoms with Gasteiger partial charge in [0.2, 0.25) is 5.88 Å². The van der Waals surface area contributed by atoms with E-state index in [0.717, 1.165) is 24.0 Å². The third kappa shape index (κ3) is 3.51. The zero-order chi connectivity index (χ0) is 21.4. The number of aromatic hydroxyl groups is 1. The maximum atomic E-state index is 13.4. The molecule has 0 saturated carbocycles. The fourth-order valence-electron chi connectivity index (χ4n) is 3.77. The first-order valence-corrected chi connectivity index (χ1v) is 10.1. The van der Waals surface area contributed by atoms with Crippen molar-refractivity contribution in [1.82, 2.24) is 19.6 Å². The van der Waals surface area contributed by atoms with E-state index in [1.807, 2.05) is 69.5 Å². The number of aromatic nitrogens is 2. The average Bonchev–Trinajstić information content (AvgIpc) is 2.72. The number of fused-ring (bicyclic) bond motifs is 2. The third-order valence-corrected chi connectivity index (χ3v) is 5.37. The standard InChI is InChI=1S/C23H27N5O2/c1-26(2)12-11-24-18-10-9-17-19-20(18)22(29)16-8-6-5-7-15(16)21(19)25-28(23(17)30)14-13-27(3)4/h5-10,30H,11-14H2,1-4H3. The van der Waals surface area contributed by atoms with Crippen LogP contribution in [0, 0.1) is 0 Å². The first-order valence-electron chi connectivity index (χ1n) is 10.1. The Labute approximate surface area is 174 Å². The van der Waals surface area contributed by atoms with Crippen molar-refractivity contribution in [2.24, 2.45) is 4.99 Å². The highest BCUT2D eigenvalue weighted by atomic mass is 16.3. The summed E-state index contributed by atoms with van der Waals surface area (Å²) in [5, 5.41) is 19.6. The van der Waals surface area contributed by atoms with Crippen molar-refractivity contribution in [1.29, 1.82) is 0 Å². The lowest BCUT2D eigenvalue weighted by Crippen LogP contribution is -2.22. The molecule has 1 aromatic heterocycles. The lowest BCUT2D eigenvalue weighted by atomic mass is 9.98. The molecule has 4 rings (SSSR count). The highest BCUT2D eigenvalue weighted by molar-refractivity contribution is 6.20. The summed E-state index contributed by atoms with van der Waals surface area (Å²) in [5.74, 6) is 0.0730. The Morgan fingerprint density at radius 2 is 1.63 bits per heavy atom. The predicted octanol–water partition coefficient (Wildman–Crippen LogP) is 1.87. The molecule has 7 heteroatoms. The van der Waals surface area contributed by atoms with Crippen LogP contribution in [0.4, 0.5) is 0 Å². The smallest absolute Gasteiger partial charge is 0.215 e. The van der Waals surface area contributed by atoms with Gasteiger partial charge in [0.05, 0.1) is 23.8 Å². The van der Waals surface area contributed by atoms with E-state index in [9.17, 15) is 9.90 Å². The van der Waals surface area contributed by atoms with Gasteiger partial charge in [0.15, 0.2) is 5.43 Å². The van der Waals surface area contributed by atoms with Crippen molar-refractivity contribution in [2.75, 3.05) is 47.8 Å². The maximum Gasteiger partial charge on any atom is 0.215 e. The van der Waals surface area contributed by atoms with Crippen LogP contribution >= 0.6 is 0 Å². The second-order valence-corrected chi connectivity index (χ2v) is 8.14. The minimum absolute atomic E-state index is 0.0699.